The van der Waals surface area contributed by atoms with E-state index in [2.05, 4.69) is 4.98 Å². The molecule has 1 aliphatic heterocycles. The van der Waals surface area contributed by atoms with Crippen molar-refractivity contribution in [2.45, 2.75) is 39.5 Å². The van der Waals surface area contributed by atoms with Crippen molar-refractivity contribution in [2.24, 2.45) is 0 Å². The van der Waals surface area contributed by atoms with Gasteiger partial charge in [0.2, 0.25) is 0 Å². The van der Waals surface area contributed by atoms with E-state index in [1.54, 1.807) is 13.1 Å². The maximum atomic E-state index is 11.1. The molecule has 1 fully saturated rings. The lowest BCUT2D eigenvalue weighted by Crippen LogP contribution is -2.13. The Morgan fingerprint density at radius 3 is 2.56 bits per heavy atom. The first-order valence-electron chi connectivity index (χ1n) is 5.82. The summed E-state index contributed by atoms with van der Waals surface area (Å²) in [6.07, 6.45) is 3.76. The molecule has 0 saturated carbocycles. The largest absolute Gasteiger partial charge is 0.381 e. The van der Waals surface area contributed by atoms with Crippen LogP contribution >= 0.6 is 11.3 Å². The van der Waals surface area contributed by atoms with Crippen molar-refractivity contribution in [3.63, 3.8) is 0 Å². The van der Waals surface area contributed by atoms with Crippen LogP contribution in [0.3, 0.4) is 0 Å². The molecule has 1 aromatic heterocycles. The molecule has 90 valence electrons. The van der Waals surface area contributed by atoms with Crippen molar-refractivity contribution < 1.29 is 9.53 Å². The number of aromatic nitrogens is 1. The molecule has 0 aliphatic carbocycles. The molecule has 1 aromatic rings. The highest BCUT2D eigenvalue weighted by Crippen LogP contribution is 2.30. The van der Waals surface area contributed by atoms with Crippen LogP contribution < -0.4 is 0 Å². The molecule has 0 bridgehead atoms. The molecular weight excluding hydrogens is 222 g/mol. The zero-order valence-electron chi connectivity index (χ0n) is 10.2. The maximum absolute atomic E-state index is 11.1. The minimum Gasteiger partial charge on any atom is -0.381 e. The van der Waals surface area contributed by atoms with E-state index in [0.29, 0.717) is 5.92 Å². The molecule has 0 aromatic carbocycles. The number of nitrogens with zero attached hydrogens (tertiary/aromatic N) is 1. The van der Waals surface area contributed by atoms with Gasteiger partial charge < -0.3 is 4.74 Å². The molecule has 0 N–H and O–H groups in total. The Hall–Kier alpha value is -0.740. The van der Waals surface area contributed by atoms with Gasteiger partial charge in [-0.1, -0.05) is 13.8 Å². The highest BCUT2D eigenvalue weighted by Gasteiger charge is 2.19. The maximum Gasteiger partial charge on any atom is 0.171 e. The summed E-state index contributed by atoms with van der Waals surface area (Å²) >= 11 is 1.53. The van der Waals surface area contributed by atoms with Crippen LogP contribution in [0.15, 0.2) is 6.20 Å². The molecular formula is C12H19NO2S. The molecule has 1 aliphatic rings. The second-order valence-electron chi connectivity index (χ2n) is 3.51. The van der Waals surface area contributed by atoms with Gasteiger partial charge in [-0.05, 0) is 12.8 Å². The van der Waals surface area contributed by atoms with E-state index in [1.165, 1.54) is 11.3 Å². The molecule has 0 unspecified atom stereocenters. The number of hydrogen-bond acceptors (Lipinski definition) is 4. The first kappa shape index (κ1) is 13.3. The molecule has 2 rings (SSSR count). The van der Waals surface area contributed by atoms with Gasteiger partial charge in [0.15, 0.2) is 5.78 Å². The number of rotatable bonds is 2. The summed E-state index contributed by atoms with van der Waals surface area (Å²) in [5, 5.41) is 1.10. The van der Waals surface area contributed by atoms with Crippen LogP contribution in [0.1, 0.15) is 54.2 Å². The summed E-state index contributed by atoms with van der Waals surface area (Å²) < 4.78 is 5.29. The lowest BCUT2D eigenvalue weighted by atomic mass is 10.0. The van der Waals surface area contributed by atoms with Crippen LogP contribution in [0.25, 0.3) is 0 Å². The van der Waals surface area contributed by atoms with Crippen LogP contribution in [-0.4, -0.2) is 24.0 Å². The van der Waals surface area contributed by atoms with E-state index in [0.717, 1.165) is 35.9 Å². The quantitative estimate of drug-likeness (QED) is 0.746. The van der Waals surface area contributed by atoms with Gasteiger partial charge in [0.25, 0.3) is 0 Å². The number of carbonyl (C=O) groups is 1. The van der Waals surface area contributed by atoms with Gasteiger partial charge in [-0.15, -0.1) is 11.3 Å². The first-order valence-corrected chi connectivity index (χ1v) is 6.63. The Bertz CT molecular complexity index is 330. The van der Waals surface area contributed by atoms with Gasteiger partial charge in [0.1, 0.15) is 0 Å². The minimum absolute atomic E-state index is 0.112. The molecule has 0 radical (unpaired) electrons. The van der Waals surface area contributed by atoms with Crippen molar-refractivity contribution in [3.8, 4) is 0 Å². The molecule has 0 spiro atoms. The summed E-state index contributed by atoms with van der Waals surface area (Å²) in [4.78, 5) is 16.2. The Morgan fingerprint density at radius 2 is 2.06 bits per heavy atom. The molecule has 4 heteroatoms. The van der Waals surface area contributed by atoms with E-state index < -0.39 is 0 Å². The van der Waals surface area contributed by atoms with Gasteiger partial charge in [0, 0.05) is 32.3 Å². The fourth-order valence-corrected chi connectivity index (χ4v) is 2.57. The van der Waals surface area contributed by atoms with Crippen LogP contribution in [-0.2, 0) is 4.74 Å². The third-order valence-corrected chi connectivity index (χ3v) is 3.70. The minimum atomic E-state index is 0.112. The van der Waals surface area contributed by atoms with E-state index >= 15 is 0 Å². The zero-order chi connectivity index (χ0) is 12.0. The Kier molecular flexibility index (Phi) is 5.63. The Balaban J connectivity index is 0.000000606. The van der Waals surface area contributed by atoms with Crippen LogP contribution in [0.2, 0.25) is 0 Å². The fourth-order valence-electron chi connectivity index (χ4n) is 1.58. The summed E-state index contributed by atoms with van der Waals surface area (Å²) in [6.45, 7) is 7.22. The predicted octanol–water partition coefficient (Wildman–Crippen LogP) is 3.27. The molecule has 3 nitrogen and oxygen atoms in total. The van der Waals surface area contributed by atoms with Crippen LogP contribution in [0.5, 0.6) is 0 Å². The molecule has 0 atom stereocenters. The monoisotopic (exact) mass is 241 g/mol. The third kappa shape index (κ3) is 3.39. The smallest absolute Gasteiger partial charge is 0.171 e. The van der Waals surface area contributed by atoms with Gasteiger partial charge in [0.05, 0.1) is 9.88 Å². The van der Waals surface area contributed by atoms with E-state index in [4.69, 9.17) is 4.74 Å². The van der Waals surface area contributed by atoms with E-state index in [-0.39, 0.29) is 5.78 Å². The van der Waals surface area contributed by atoms with Crippen molar-refractivity contribution in [3.05, 3.63) is 16.1 Å². The van der Waals surface area contributed by atoms with Crippen molar-refractivity contribution >= 4 is 17.1 Å². The van der Waals surface area contributed by atoms with Crippen molar-refractivity contribution in [2.75, 3.05) is 13.2 Å². The Labute approximate surface area is 101 Å². The lowest BCUT2D eigenvalue weighted by Gasteiger charge is -2.19. The van der Waals surface area contributed by atoms with E-state index in [1.807, 2.05) is 13.8 Å². The molecule has 2 heterocycles. The highest BCUT2D eigenvalue weighted by molar-refractivity contribution is 7.13. The molecule has 0 amide bonds. The van der Waals surface area contributed by atoms with Gasteiger partial charge in [-0.3, -0.25) is 4.79 Å². The standard InChI is InChI=1S/C10H13NO2S.C2H6/c1-7(12)9-6-11-10(14-9)8-2-4-13-5-3-8;1-2/h6,8H,2-5H2,1H3;1-2H3. The average Bonchev–Trinajstić information content (AvgIpc) is 2.82. The fraction of sp³-hybridized carbons (Fsp3) is 0.667. The molecule has 1 saturated heterocycles. The average molecular weight is 241 g/mol. The number of thiazole rings is 1. The number of ether oxygens (including phenoxy) is 1. The van der Waals surface area contributed by atoms with Gasteiger partial charge in [-0.2, -0.15) is 0 Å². The van der Waals surface area contributed by atoms with Crippen LogP contribution in [0, 0.1) is 0 Å². The second kappa shape index (κ2) is 6.76. The summed E-state index contributed by atoms with van der Waals surface area (Å²) in [5.74, 6) is 0.614. The van der Waals surface area contributed by atoms with Crippen LogP contribution in [0.4, 0.5) is 0 Å². The normalized spacial score (nSPS) is 16.4. The van der Waals surface area contributed by atoms with E-state index in [9.17, 15) is 4.79 Å². The SMILES string of the molecule is CC.CC(=O)c1cnc(C2CCOCC2)s1. The van der Waals surface area contributed by atoms with Gasteiger partial charge >= 0.3 is 0 Å². The molecule has 16 heavy (non-hydrogen) atoms. The highest BCUT2D eigenvalue weighted by atomic mass is 32.1. The topological polar surface area (TPSA) is 39.2 Å². The van der Waals surface area contributed by atoms with Crippen molar-refractivity contribution in [1.82, 2.24) is 4.98 Å². The summed E-state index contributed by atoms with van der Waals surface area (Å²) in [6, 6.07) is 0. The number of Topliss-reactive ketones (excluding diaryl/α,β-unsaturated/α-hetero) is 1. The third-order valence-electron chi connectivity index (χ3n) is 2.44. The summed E-state index contributed by atoms with van der Waals surface area (Å²) in [7, 11) is 0. The predicted molar refractivity (Wildman–Crippen MR) is 66.3 cm³/mol. The Morgan fingerprint density at radius 1 is 1.44 bits per heavy atom. The zero-order valence-corrected chi connectivity index (χ0v) is 11.0. The first-order chi connectivity index (χ1) is 7.77. The number of ketones is 1. The van der Waals surface area contributed by atoms with Gasteiger partial charge in [-0.25, -0.2) is 4.98 Å². The lowest BCUT2D eigenvalue weighted by molar-refractivity contribution is 0.0853. The van der Waals surface area contributed by atoms with Crippen molar-refractivity contribution in [1.29, 1.82) is 0 Å². The number of carbonyl (C=O) groups excluding carboxylic acids is 1. The number of hydrogen-bond donors (Lipinski definition) is 0. The summed E-state index contributed by atoms with van der Waals surface area (Å²) in [5.41, 5.74) is 0. The second-order valence-corrected chi connectivity index (χ2v) is 4.57.